The van der Waals surface area contributed by atoms with E-state index in [2.05, 4.69) is 0 Å². The van der Waals surface area contributed by atoms with Crippen molar-refractivity contribution in [3.63, 3.8) is 0 Å². The van der Waals surface area contributed by atoms with Crippen molar-refractivity contribution in [2.75, 3.05) is 4.42 Å². The van der Waals surface area contributed by atoms with Crippen LogP contribution < -0.4 is 4.42 Å². The van der Waals surface area contributed by atoms with Gasteiger partial charge in [0.25, 0.3) is 0 Å². The van der Waals surface area contributed by atoms with Crippen LogP contribution in [0.3, 0.4) is 0 Å². The van der Waals surface area contributed by atoms with Crippen LogP contribution >= 0.6 is 11.8 Å². The summed E-state index contributed by atoms with van der Waals surface area (Å²) >= 11 is 2.60. The van der Waals surface area contributed by atoms with Gasteiger partial charge in [0.05, 0.1) is 0 Å². The fraction of sp³-hybridized carbons (Fsp3) is 0.111. The van der Waals surface area contributed by atoms with Crippen LogP contribution in [0.4, 0.5) is 5.69 Å². The van der Waals surface area contributed by atoms with Crippen LogP contribution in [0.25, 0.3) is 6.08 Å². The molecule has 0 saturated carbocycles. The average Bonchev–Trinajstić information content (AvgIpc) is 2.18. The first-order valence-corrected chi connectivity index (χ1v) is 7.01. The molecule has 1 atom stereocenters. The molecule has 1 aromatic rings. The molecule has 0 amide bonds. The Kier molecular flexibility index (Phi) is 2.62. The molecule has 1 aliphatic rings. The summed E-state index contributed by atoms with van der Waals surface area (Å²) in [7, 11) is 0. The molecule has 0 bridgehead atoms. The summed E-state index contributed by atoms with van der Waals surface area (Å²) in [6.45, 7) is 0. The summed E-state index contributed by atoms with van der Waals surface area (Å²) in [6, 6.07) is 7.41. The predicted octanol–water partition coefficient (Wildman–Crippen LogP) is 1.93. The summed E-state index contributed by atoms with van der Waals surface area (Å²) in [5.74, 6) is 0. The fourth-order valence-corrected chi connectivity index (χ4v) is 3.06. The van der Waals surface area contributed by atoms with Crippen molar-refractivity contribution in [2.45, 2.75) is 4.83 Å². The van der Waals surface area contributed by atoms with E-state index < -0.39 is 19.4 Å². The summed E-state index contributed by atoms with van der Waals surface area (Å²) in [5.41, 5.74) is 1.68. The normalized spacial score (nSPS) is 19.2. The molecule has 5 heteroatoms. The minimum absolute atomic E-state index is 0.668. The summed E-state index contributed by atoms with van der Waals surface area (Å²) in [6.07, 6.45) is 3.39. The van der Waals surface area contributed by atoms with Gasteiger partial charge in [0.2, 0.25) is 0 Å². The Bertz CT molecular complexity index is 448. The zero-order valence-corrected chi connectivity index (χ0v) is 9.76. The molecule has 1 heterocycles. The van der Waals surface area contributed by atoms with Gasteiger partial charge in [-0.2, -0.15) is 0 Å². The molecule has 14 heavy (non-hydrogen) atoms. The Morgan fingerprint density at radius 1 is 1.29 bits per heavy atom. The summed E-state index contributed by atoms with van der Waals surface area (Å²) < 4.78 is 23.1. The zero-order valence-electron chi connectivity index (χ0n) is 7.13. The molecule has 2 rings (SSSR count). The van der Waals surface area contributed by atoms with E-state index in [0.717, 1.165) is 11.3 Å². The van der Waals surface area contributed by atoms with Crippen LogP contribution in [0.15, 0.2) is 30.3 Å². The number of benzene rings is 1. The third-order valence-corrected chi connectivity index (χ3v) is 4.50. The van der Waals surface area contributed by atoms with Gasteiger partial charge in [-0.1, -0.05) is 0 Å². The molecule has 1 aliphatic heterocycles. The molecule has 1 unspecified atom stereocenters. The minimum atomic E-state index is -3.33. The Hall–Kier alpha value is -0.792. The number of hydrogen-bond acceptors (Lipinski definition) is 3. The molecule has 0 aromatic heterocycles. The van der Waals surface area contributed by atoms with Crippen LogP contribution in [0.5, 0.6) is 0 Å². The molecule has 0 spiro atoms. The van der Waals surface area contributed by atoms with Crippen molar-refractivity contribution in [3.05, 3.63) is 35.9 Å². The SMILES string of the molecule is O=[As](=O)C1C=Cc2ccccc2N1Cl. The van der Waals surface area contributed by atoms with E-state index in [1.54, 1.807) is 18.2 Å². The van der Waals surface area contributed by atoms with Crippen LogP contribution in [0.2, 0.25) is 0 Å². The van der Waals surface area contributed by atoms with E-state index >= 15 is 0 Å². The Morgan fingerprint density at radius 2 is 2.00 bits per heavy atom. The first kappa shape index (κ1) is 9.75. The maximum absolute atomic E-state index is 10.9. The number of halogens is 1. The van der Waals surface area contributed by atoms with E-state index in [1.807, 2.05) is 18.2 Å². The zero-order chi connectivity index (χ0) is 10.1. The molecule has 0 aliphatic carbocycles. The molecule has 0 saturated heterocycles. The number of anilines is 1. The monoisotopic (exact) mass is 271 g/mol. The Morgan fingerprint density at radius 3 is 2.71 bits per heavy atom. The Balaban J connectivity index is 2.49. The molecule has 0 fully saturated rings. The molecule has 72 valence electrons. The van der Waals surface area contributed by atoms with Gasteiger partial charge in [-0.25, -0.2) is 0 Å². The molecular weight excluding hydrogens is 264 g/mol. The van der Waals surface area contributed by atoms with Crippen LogP contribution in [0.1, 0.15) is 5.56 Å². The number of rotatable bonds is 1. The maximum atomic E-state index is 10.9. The average molecular weight is 272 g/mol. The van der Waals surface area contributed by atoms with E-state index in [4.69, 9.17) is 11.8 Å². The van der Waals surface area contributed by atoms with Gasteiger partial charge in [-0.15, -0.1) is 0 Å². The van der Waals surface area contributed by atoms with E-state index in [1.165, 1.54) is 4.42 Å². The predicted molar refractivity (Wildman–Crippen MR) is 54.7 cm³/mol. The molecule has 1 aromatic carbocycles. The van der Waals surface area contributed by atoms with Gasteiger partial charge in [0, 0.05) is 0 Å². The molecule has 0 N–H and O–H groups in total. The van der Waals surface area contributed by atoms with Crippen LogP contribution in [-0.2, 0) is 7.48 Å². The first-order chi connectivity index (χ1) is 6.70. The second kappa shape index (κ2) is 3.76. The summed E-state index contributed by atoms with van der Waals surface area (Å²) in [5, 5.41) is 0. The van der Waals surface area contributed by atoms with Crippen molar-refractivity contribution in [3.8, 4) is 0 Å². The summed E-state index contributed by atoms with van der Waals surface area (Å²) in [4.78, 5) is -0.668. The first-order valence-electron chi connectivity index (χ1n) is 4.06. The number of para-hydroxylation sites is 1. The van der Waals surface area contributed by atoms with Gasteiger partial charge in [0.1, 0.15) is 0 Å². The van der Waals surface area contributed by atoms with Crippen LogP contribution in [-0.4, -0.2) is 19.4 Å². The Labute approximate surface area is 90.8 Å². The standard InChI is InChI=1S/C9H7AsClNO2/c11-12-8-4-2-1-3-7(8)5-6-9(12)10(13)14/h1-6,9H. The number of fused-ring (bicyclic) bond motifs is 1. The van der Waals surface area contributed by atoms with Gasteiger partial charge >= 0.3 is 90.7 Å². The van der Waals surface area contributed by atoms with E-state index in [9.17, 15) is 7.48 Å². The van der Waals surface area contributed by atoms with E-state index in [0.29, 0.717) is 0 Å². The quantitative estimate of drug-likeness (QED) is 0.578. The second-order valence-corrected chi connectivity index (χ2v) is 5.60. The van der Waals surface area contributed by atoms with Gasteiger partial charge in [-0.3, -0.25) is 0 Å². The fourth-order valence-electron chi connectivity index (χ4n) is 1.38. The van der Waals surface area contributed by atoms with Crippen LogP contribution in [0, 0.1) is 0 Å². The molecule has 0 radical (unpaired) electrons. The van der Waals surface area contributed by atoms with Crippen molar-refractivity contribution in [1.82, 2.24) is 0 Å². The van der Waals surface area contributed by atoms with E-state index in [-0.39, 0.29) is 0 Å². The van der Waals surface area contributed by atoms with Crippen molar-refractivity contribution < 1.29 is 7.48 Å². The van der Waals surface area contributed by atoms with Gasteiger partial charge < -0.3 is 0 Å². The van der Waals surface area contributed by atoms with Gasteiger partial charge in [0.15, 0.2) is 0 Å². The number of hydrogen-bond donors (Lipinski definition) is 0. The number of nitrogens with zero attached hydrogens (tertiary/aromatic N) is 1. The topological polar surface area (TPSA) is 37.4 Å². The second-order valence-electron chi connectivity index (χ2n) is 2.93. The van der Waals surface area contributed by atoms with Crippen molar-refractivity contribution >= 4 is 38.1 Å². The third-order valence-electron chi connectivity index (χ3n) is 2.06. The molecular formula is C9H7AsClNO2. The third kappa shape index (κ3) is 1.58. The van der Waals surface area contributed by atoms with Crippen molar-refractivity contribution in [2.24, 2.45) is 0 Å². The van der Waals surface area contributed by atoms with Gasteiger partial charge in [-0.05, 0) is 0 Å². The van der Waals surface area contributed by atoms with Crippen molar-refractivity contribution in [1.29, 1.82) is 0 Å². The molecule has 3 nitrogen and oxygen atoms in total.